The van der Waals surface area contributed by atoms with Gasteiger partial charge in [-0.3, -0.25) is 4.68 Å². The van der Waals surface area contributed by atoms with E-state index in [4.69, 9.17) is 5.41 Å². The van der Waals surface area contributed by atoms with Gasteiger partial charge < -0.3 is 5.41 Å². The Morgan fingerprint density at radius 3 is 2.92 bits per heavy atom. The Kier molecular flexibility index (Phi) is 1.94. The molecule has 13 heavy (non-hydrogen) atoms. The van der Waals surface area contributed by atoms with Crippen LogP contribution in [0.15, 0.2) is 6.20 Å². The van der Waals surface area contributed by atoms with Crippen LogP contribution in [0.5, 0.6) is 0 Å². The lowest BCUT2D eigenvalue weighted by molar-refractivity contribution is 0.504. The third-order valence-corrected chi connectivity index (χ3v) is 2.55. The Morgan fingerprint density at radius 2 is 2.23 bits per heavy atom. The minimum Gasteiger partial charge on any atom is -0.305 e. The van der Waals surface area contributed by atoms with Crippen LogP contribution in [0.4, 0.5) is 0 Å². The summed E-state index contributed by atoms with van der Waals surface area (Å²) in [6.45, 7) is 4.26. The highest BCUT2D eigenvalue weighted by Crippen LogP contribution is 2.22. The minimum absolute atomic E-state index is 0.412. The fraction of sp³-hybridized carbons (Fsp3) is 0.600. The molecule has 0 saturated carbocycles. The monoisotopic (exact) mass is 177 g/mol. The van der Waals surface area contributed by atoms with Gasteiger partial charge in [-0.25, -0.2) is 0 Å². The molecule has 0 radical (unpaired) electrons. The molecule has 3 heteroatoms. The first-order valence-electron chi connectivity index (χ1n) is 4.84. The van der Waals surface area contributed by atoms with Crippen molar-refractivity contribution in [1.29, 1.82) is 5.41 Å². The lowest BCUT2D eigenvalue weighted by Crippen LogP contribution is -2.14. The maximum Gasteiger partial charge on any atom is 0.0583 e. The van der Waals surface area contributed by atoms with E-state index in [9.17, 15) is 0 Å². The summed E-state index contributed by atoms with van der Waals surface area (Å²) in [5, 5.41) is 12.1. The van der Waals surface area contributed by atoms with Crippen LogP contribution in [0.3, 0.4) is 0 Å². The number of hydrogen-bond donors (Lipinski definition) is 1. The van der Waals surface area contributed by atoms with Crippen LogP contribution < -0.4 is 0 Å². The average Bonchev–Trinajstić information content (AvgIpc) is 2.48. The van der Waals surface area contributed by atoms with Crippen LogP contribution >= 0.6 is 0 Å². The molecule has 1 heterocycles. The van der Waals surface area contributed by atoms with E-state index >= 15 is 0 Å². The third kappa shape index (κ3) is 1.28. The number of hydrogen-bond acceptors (Lipinski definition) is 2. The van der Waals surface area contributed by atoms with E-state index in [1.807, 2.05) is 10.9 Å². The lowest BCUT2D eigenvalue weighted by Gasteiger charge is -2.16. The summed E-state index contributed by atoms with van der Waals surface area (Å²) in [5.41, 5.74) is 3.08. The largest absolute Gasteiger partial charge is 0.305 e. The molecule has 70 valence electrons. The van der Waals surface area contributed by atoms with Crippen LogP contribution in [0.2, 0.25) is 0 Å². The van der Waals surface area contributed by atoms with Gasteiger partial charge in [0, 0.05) is 23.0 Å². The van der Waals surface area contributed by atoms with Crippen LogP contribution in [0, 0.1) is 5.41 Å². The molecule has 0 saturated heterocycles. The quantitative estimate of drug-likeness (QED) is 0.701. The molecule has 0 bridgehead atoms. The van der Waals surface area contributed by atoms with E-state index in [1.165, 1.54) is 5.69 Å². The van der Waals surface area contributed by atoms with E-state index in [0.29, 0.717) is 6.04 Å². The van der Waals surface area contributed by atoms with E-state index in [-0.39, 0.29) is 0 Å². The normalized spacial score (nSPS) is 16.4. The fourth-order valence-corrected chi connectivity index (χ4v) is 1.90. The summed E-state index contributed by atoms with van der Waals surface area (Å²) < 4.78 is 2.04. The van der Waals surface area contributed by atoms with Crippen LogP contribution in [0.25, 0.3) is 0 Å². The van der Waals surface area contributed by atoms with Crippen molar-refractivity contribution in [2.45, 2.75) is 39.2 Å². The molecule has 0 spiro atoms. The highest BCUT2D eigenvalue weighted by atomic mass is 15.3. The summed E-state index contributed by atoms with van der Waals surface area (Å²) in [5.74, 6) is 0. The molecule has 3 nitrogen and oxygen atoms in total. The van der Waals surface area contributed by atoms with Crippen molar-refractivity contribution in [3.8, 4) is 0 Å². The van der Waals surface area contributed by atoms with Crippen molar-refractivity contribution in [3.63, 3.8) is 0 Å². The number of nitrogens with one attached hydrogen (secondary N) is 1. The Hall–Kier alpha value is -1.12. The molecule has 1 aromatic rings. The molecule has 0 aromatic carbocycles. The molecule has 0 amide bonds. The summed E-state index contributed by atoms with van der Waals surface area (Å²) in [7, 11) is 0. The van der Waals surface area contributed by atoms with Crippen molar-refractivity contribution < 1.29 is 0 Å². The van der Waals surface area contributed by atoms with Gasteiger partial charge in [-0.1, -0.05) is 0 Å². The molecule has 1 N–H and O–H groups in total. The predicted molar refractivity (Wildman–Crippen MR) is 52.4 cm³/mol. The molecular formula is C10H15N3. The summed E-state index contributed by atoms with van der Waals surface area (Å²) in [6.07, 6.45) is 4.94. The summed E-state index contributed by atoms with van der Waals surface area (Å²) in [4.78, 5) is 0. The molecule has 0 unspecified atom stereocenters. The second kappa shape index (κ2) is 2.98. The standard InChI is InChI=1S/C10H15N3/c1-7(2)13-10-5-3-4-9(11)8(10)6-12-13/h6-7,11H,3-5H2,1-2H3. The molecule has 2 rings (SSSR count). The predicted octanol–water partition coefficient (Wildman–Crippen LogP) is 2.17. The number of aromatic nitrogens is 2. The molecule has 0 atom stereocenters. The van der Waals surface area contributed by atoms with Gasteiger partial charge in [0.15, 0.2) is 0 Å². The maximum absolute atomic E-state index is 7.77. The number of fused-ring (bicyclic) bond motifs is 1. The zero-order chi connectivity index (χ0) is 9.42. The maximum atomic E-state index is 7.77. The smallest absolute Gasteiger partial charge is 0.0583 e. The third-order valence-electron chi connectivity index (χ3n) is 2.55. The Balaban J connectivity index is 2.47. The molecular weight excluding hydrogens is 162 g/mol. The molecule has 1 aliphatic carbocycles. The zero-order valence-corrected chi connectivity index (χ0v) is 8.17. The SMILES string of the molecule is CC(C)n1ncc2c1CCCC2=N. The highest BCUT2D eigenvalue weighted by molar-refractivity contribution is 5.99. The number of rotatable bonds is 1. The van der Waals surface area contributed by atoms with E-state index in [2.05, 4.69) is 18.9 Å². The van der Waals surface area contributed by atoms with Gasteiger partial charge in [-0.05, 0) is 33.1 Å². The van der Waals surface area contributed by atoms with Crippen LogP contribution in [-0.2, 0) is 6.42 Å². The second-order valence-corrected chi connectivity index (χ2v) is 3.88. The molecule has 1 aliphatic rings. The molecule has 0 aliphatic heterocycles. The lowest BCUT2D eigenvalue weighted by atomic mass is 9.96. The van der Waals surface area contributed by atoms with Gasteiger partial charge in [0.05, 0.1) is 6.20 Å². The first kappa shape index (κ1) is 8.48. The Morgan fingerprint density at radius 1 is 1.46 bits per heavy atom. The zero-order valence-electron chi connectivity index (χ0n) is 8.17. The number of nitrogens with zero attached hydrogens (tertiary/aromatic N) is 2. The topological polar surface area (TPSA) is 41.7 Å². The van der Waals surface area contributed by atoms with Crippen molar-refractivity contribution in [3.05, 3.63) is 17.5 Å². The summed E-state index contributed by atoms with van der Waals surface area (Å²) >= 11 is 0. The van der Waals surface area contributed by atoms with Crippen molar-refractivity contribution in [2.24, 2.45) is 0 Å². The summed E-state index contributed by atoms with van der Waals surface area (Å²) in [6, 6.07) is 0.412. The minimum atomic E-state index is 0.412. The van der Waals surface area contributed by atoms with Crippen molar-refractivity contribution in [1.82, 2.24) is 9.78 Å². The highest BCUT2D eigenvalue weighted by Gasteiger charge is 2.19. The van der Waals surface area contributed by atoms with E-state index in [0.717, 1.165) is 30.5 Å². The molecule has 1 aromatic heterocycles. The van der Waals surface area contributed by atoms with Gasteiger partial charge in [-0.2, -0.15) is 5.10 Å². The van der Waals surface area contributed by atoms with Gasteiger partial charge in [0.2, 0.25) is 0 Å². The van der Waals surface area contributed by atoms with Gasteiger partial charge in [0.1, 0.15) is 0 Å². The second-order valence-electron chi connectivity index (χ2n) is 3.88. The van der Waals surface area contributed by atoms with Gasteiger partial charge >= 0.3 is 0 Å². The van der Waals surface area contributed by atoms with Crippen molar-refractivity contribution >= 4 is 5.71 Å². The van der Waals surface area contributed by atoms with Gasteiger partial charge in [-0.15, -0.1) is 0 Å². The van der Waals surface area contributed by atoms with E-state index < -0.39 is 0 Å². The van der Waals surface area contributed by atoms with Gasteiger partial charge in [0.25, 0.3) is 0 Å². The Bertz CT molecular complexity index is 336. The first-order valence-corrected chi connectivity index (χ1v) is 4.84. The fourth-order valence-electron chi connectivity index (χ4n) is 1.90. The van der Waals surface area contributed by atoms with Crippen LogP contribution in [-0.4, -0.2) is 15.5 Å². The Labute approximate surface area is 78.3 Å². The average molecular weight is 177 g/mol. The molecule has 0 fully saturated rings. The first-order chi connectivity index (χ1) is 6.20. The van der Waals surface area contributed by atoms with Crippen molar-refractivity contribution in [2.75, 3.05) is 0 Å². The van der Waals surface area contributed by atoms with E-state index in [1.54, 1.807) is 0 Å². The van der Waals surface area contributed by atoms with Crippen LogP contribution in [0.1, 0.15) is 44.0 Å².